The molecule has 0 radical (unpaired) electrons. The lowest BCUT2D eigenvalue weighted by Crippen LogP contribution is -2.46. The van der Waals surface area contributed by atoms with Gasteiger partial charge >= 0.3 is 0 Å². The molecule has 0 spiro atoms. The number of piperidine rings is 1. The van der Waals surface area contributed by atoms with Crippen molar-refractivity contribution in [3.63, 3.8) is 0 Å². The summed E-state index contributed by atoms with van der Waals surface area (Å²) in [4.78, 5) is 3.55. The first-order valence-corrected chi connectivity index (χ1v) is 8.14. The SMILES string of the molecule is O=S(=O)(c1cncc(F)c1)N1C2CCC1CC(Cl)C2. The molecule has 2 aliphatic heterocycles. The van der Waals surface area contributed by atoms with E-state index in [0.717, 1.165) is 25.1 Å². The van der Waals surface area contributed by atoms with Gasteiger partial charge in [-0.05, 0) is 31.7 Å². The van der Waals surface area contributed by atoms with Crippen molar-refractivity contribution in [2.45, 2.75) is 48.0 Å². The lowest BCUT2D eigenvalue weighted by molar-refractivity contribution is 0.251. The summed E-state index contributed by atoms with van der Waals surface area (Å²) in [5, 5.41) is 0.0367. The van der Waals surface area contributed by atoms with E-state index in [9.17, 15) is 12.8 Å². The second-order valence-corrected chi connectivity index (χ2v) is 7.59. The van der Waals surface area contributed by atoms with Crippen LogP contribution in [0, 0.1) is 5.82 Å². The number of pyridine rings is 1. The maximum Gasteiger partial charge on any atom is 0.245 e. The maximum absolute atomic E-state index is 13.2. The lowest BCUT2D eigenvalue weighted by atomic mass is 10.1. The summed E-state index contributed by atoms with van der Waals surface area (Å²) in [7, 11) is -3.67. The van der Waals surface area contributed by atoms with Crippen molar-refractivity contribution in [1.29, 1.82) is 0 Å². The van der Waals surface area contributed by atoms with Crippen LogP contribution in [0.25, 0.3) is 0 Å². The molecule has 7 heteroatoms. The molecule has 4 nitrogen and oxygen atoms in total. The Kier molecular flexibility index (Phi) is 3.27. The topological polar surface area (TPSA) is 50.3 Å². The lowest BCUT2D eigenvalue weighted by Gasteiger charge is -2.35. The van der Waals surface area contributed by atoms with Crippen LogP contribution in [0.5, 0.6) is 0 Å². The van der Waals surface area contributed by atoms with Crippen LogP contribution in [0.4, 0.5) is 4.39 Å². The Morgan fingerprint density at radius 2 is 1.89 bits per heavy atom. The van der Waals surface area contributed by atoms with E-state index in [4.69, 9.17) is 11.6 Å². The first-order chi connectivity index (χ1) is 8.98. The van der Waals surface area contributed by atoms with Gasteiger partial charge in [-0.3, -0.25) is 4.98 Å². The van der Waals surface area contributed by atoms with E-state index >= 15 is 0 Å². The summed E-state index contributed by atoms with van der Waals surface area (Å²) in [6.45, 7) is 0. The number of fused-ring (bicyclic) bond motifs is 2. The van der Waals surface area contributed by atoms with Gasteiger partial charge in [-0.15, -0.1) is 11.6 Å². The molecule has 104 valence electrons. The molecule has 0 saturated carbocycles. The summed E-state index contributed by atoms with van der Waals surface area (Å²) in [5.74, 6) is -0.638. The highest BCUT2D eigenvalue weighted by atomic mass is 35.5. The van der Waals surface area contributed by atoms with Gasteiger partial charge in [-0.2, -0.15) is 4.31 Å². The molecule has 1 aromatic heterocycles. The van der Waals surface area contributed by atoms with Gasteiger partial charge in [0.1, 0.15) is 10.7 Å². The first kappa shape index (κ1) is 13.3. The standard InChI is InChI=1S/C12H14ClFN2O2S/c13-8-3-10-1-2-11(4-8)16(10)19(17,18)12-5-9(14)6-15-7-12/h5-8,10-11H,1-4H2. The number of hydrogen-bond acceptors (Lipinski definition) is 3. The van der Waals surface area contributed by atoms with Crippen molar-refractivity contribution >= 4 is 21.6 Å². The highest BCUT2D eigenvalue weighted by Crippen LogP contribution is 2.41. The number of aromatic nitrogens is 1. The molecule has 0 aromatic carbocycles. The van der Waals surface area contributed by atoms with Crippen LogP contribution in [-0.2, 0) is 10.0 Å². The van der Waals surface area contributed by atoms with Crippen LogP contribution >= 0.6 is 11.6 Å². The van der Waals surface area contributed by atoms with Crippen LogP contribution in [0.2, 0.25) is 0 Å². The van der Waals surface area contributed by atoms with Crippen molar-refractivity contribution in [2.75, 3.05) is 0 Å². The van der Waals surface area contributed by atoms with Crippen LogP contribution in [0.1, 0.15) is 25.7 Å². The minimum atomic E-state index is -3.67. The zero-order chi connectivity index (χ0) is 13.6. The van der Waals surface area contributed by atoms with Crippen LogP contribution in [-0.4, -0.2) is 35.2 Å². The molecule has 2 fully saturated rings. The number of nitrogens with zero attached hydrogens (tertiary/aromatic N) is 2. The Bertz CT molecular complexity index is 581. The number of halogens is 2. The molecular formula is C12H14ClFN2O2S. The summed E-state index contributed by atoms with van der Waals surface area (Å²) in [5.41, 5.74) is 0. The van der Waals surface area contributed by atoms with Crippen molar-refractivity contribution < 1.29 is 12.8 Å². The summed E-state index contributed by atoms with van der Waals surface area (Å²) in [6.07, 6.45) is 5.19. The Morgan fingerprint density at radius 1 is 1.26 bits per heavy atom. The smallest absolute Gasteiger partial charge is 0.245 e. The molecule has 3 rings (SSSR count). The normalized spacial score (nSPS) is 31.6. The molecule has 3 heterocycles. The van der Waals surface area contributed by atoms with E-state index in [-0.39, 0.29) is 22.4 Å². The van der Waals surface area contributed by atoms with E-state index in [1.165, 1.54) is 10.5 Å². The van der Waals surface area contributed by atoms with Gasteiger partial charge in [-0.25, -0.2) is 12.8 Å². The van der Waals surface area contributed by atoms with Gasteiger partial charge in [0.05, 0.1) is 6.20 Å². The van der Waals surface area contributed by atoms with Crippen molar-refractivity contribution in [2.24, 2.45) is 0 Å². The molecule has 1 aromatic rings. The van der Waals surface area contributed by atoms with Gasteiger partial charge < -0.3 is 0 Å². The highest BCUT2D eigenvalue weighted by Gasteiger charge is 2.46. The summed E-state index contributed by atoms with van der Waals surface area (Å²) < 4.78 is 39.9. The zero-order valence-electron chi connectivity index (χ0n) is 10.2. The molecule has 0 aliphatic carbocycles. The van der Waals surface area contributed by atoms with E-state index in [2.05, 4.69) is 4.98 Å². The van der Waals surface area contributed by atoms with Gasteiger partial charge in [0.25, 0.3) is 0 Å². The van der Waals surface area contributed by atoms with Crippen LogP contribution in [0.3, 0.4) is 0 Å². The molecule has 0 N–H and O–H groups in total. The second-order valence-electron chi connectivity index (χ2n) is 5.13. The van der Waals surface area contributed by atoms with E-state index in [1.807, 2.05) is 0 Å². The quantitative estimate of drug-likeness (QED) is 0.787. The third-order valence-electron chi connectivity index (χ3n) is 3.86. The minimum Gasteiger partial charge on any atom is -0.260 e. The molecule has 2 saturated heterocycles. The largest absolute Gasteiger partial charge is 0.260 e. The van der Waals surface area contributed by atoms with Crippen molar-refractivity contribution in [3.05, 3.63) is 24.3 Å². The predicted octanol–water partition coefficient (Wildman–Crippen LogP) is 2.14. The van der Waals surface area contributed by atoms with Crippen LogP contribution < -0.4 is 0 Å². The molecular weight excluding hydrogens is 291 g/mol. The zero-order valence-corrected chi connectivity index (χ0v) is 11.7. The Morgan fingerprint density at radius 3 is 2.47 bits per heavy atom. The minimum absolute atomic E-state index is 0.0367. The Balaban J connectivity index is 1.98. The van der Waals surface area contributed by atoms with E-state index in [1.54, 1.807) is 0 Å². The monoisotopic (exact) mass is 304 g/mol. The average Bonchev–Trinajstić information content (AvgIpc) is 2.63. The Labute approximate surface area is 116 Å². The van der Waals surface area contributed by atoms with Crippen molar-refractivity contribution in [1.82, 2.24) is 9.29 Å². The molecule has 2 unspecified atom stereocenters. The number of alkyl halides is 1. The summed E-state index contributed by atoms with van der Waals surface area (Å²) >= 11 is 6.14. The van der Waals surface area contributed by atoms with Crippen molar-refractivity contribution in [3.8, 4) is 0 Å². The fraction of sp³-hybridized carbons (Fsp3) is 0.583. The molecule has 2 atom stereocenters. The molecule has 0 amide bonds. The fourth-order valence-electron chi connectivity index (χ4n) is 3.12. The molecule has 2 aliphatic rings. The van der Waals surface area contributed by atoms with Gasteiger partial charge in [0.15, 0.2) is 0 Å². The van der Waals surface area contributed by atoms with Gasteiger partial charge in [0, 0.05) is 23.7 Å². The number of sulfonamides is 1. The van der Waals surface area contributed by atoms with Gasteiger partial charge in [-0.1, -0.05) is 0 Å². The number of hydrogen-bond donors (Lipinski definition) is 0. The number of rotatable bonds is 2. The maximum atomic E-state index is 13.2. The first-order valence-electron chi connectivity index (χ1n) is 6.26. The second kappa shape index (κ2) is 4.68. The molecule has 19 heavy (non-hydrogen) atoms. The average molecular weight is 305 g/mol. The third-order valence-corrected chi connectivity index (χ3v) is 6.19. The van der Waals surface area contributed by atoms with Crippen LogP contribution in [0.15, 0.2) is 23.4 Å². The molecule has 2 bridgehead atoms. The Hall–Kier alpha value is -0.720. The highest BCUT2D eigenvalue weighted by molar-refractivity contribution is 7.89. The third kappa shape index (κ3) is 2.26. The predicted molar refractivity (Wildman–Crippen MR) is 68.9 cm³/mol. The van der Waals surface area contributed by atoms with E-state index in [0.29, 0.717) is 12.8 Å². The fourth-order valence-corrected chi connectivity index (χ4v) is 5.39. The summed E-state index contributed by atoms with van der Waals surface area (Å²) in [6, 6.07) is 0.901. The van der Waals surface area contributed by atoms with Gasteiger partial charge in [0.2, 0.25) is 10.0 Å². The van der Waals surface area contributed by atoms with E-state index < -0.39 is 15.8 Å².